The molecule has 1 aliphatic carbocycles. The van der Waals surface area contributed by atoms with Crippen LogP contribution in [0.2, 0.25) is 15.1 Å². The molecule has 1 fully saturated rings. The van der Waals surface area contributed by atoms with Crippen molar-refractivity contribution in [2.45, 2.75) is 57.2 Å². The molecule has 0 saturated heterocycles. The molecule has 42 heavy (non-hydrogen) atoms. The van der Waals surface area contributed by atoms with Crippen molar-refractivity contribution < 1.29 is 18.0 Å². The number of hydrogen-bond acceptors (Lipinski definition) is 4. The average molecular weight is 651 g/mol. The number of hydrogen-bond donors (Lipinski definition) is 1. The molecule has 0 aromatic heterocycles. The van der Waals surface area contributed by atoms with E-state index in [4.69, 9.17) is 34.8 Å². The van der Waals surface area contributed by atoms with Crippen molar-refractivity contribution in [1.29, 1.82) is 0 Å². The van der Waals surface area contributed by atoms with Gasteiger partial charge < -0.3 is 10.2 Å². The number of anilines is 1. The van der Waals surface area contributed by atoms with Gasteiger partial charge in [0.15, 0.2) is 0 Å². The minimum Gasteiger partial charge on any atom is -0.352 e. The minimum atomic E-state index is -3.89. The van der Waals surface area contributed by atoms with E-state index in [1.54, 1.807) is 30.3 Å². The van der Waals surface area contributed by atoms with Crippen molar-refractivity contribution >= 4 is 62.3 Å². The van der Waals surface area contributed by atoms with Crippen LogP contribution in [0.4, 0.5) is 5.69 Å². The van der Waals surface area contributed by atoms with Crippen molar-refractivity contribution in [3.63, 3.8) is 0 Å². The molecule has 0 bridgehead atoms. The summed E-state index contributed by atoms with van der Waals surface area (Å²) in [6.45, 7) is -0.629. The molecule has 1 N–H and O–H groups in total. The second kappa shape index (κ2) is 14.6. The zero-order valence-electron chi connectivity index (χ0n) is 23.3. The number of carbonyl (C=O) groups excluding carboxylic acids is 2. The van der Waals surface area contributed by atoms with Gasteiger partial charge in [0.1, 0.15) is 12.6 Å². The fourth-order valence-electron chi connectivity index (χ4n) is 5.17. The van der Waals surface area contributed by atoms with E-state index in [-0.39, 0.29) is 30.6 Å². The normalized spacial score (nSPS) is 14.7. The maximum Gasteiger partial charge on any atom is 0.244 e. The first-order chi connectivity index (χ1) is 20.0. The maximum absolute atomic E-state index is 14.2. The van der Waals surface area contributed by atoms with Gasteiger partial charge >= 0.3 is 0 Å². The fourth-order valence-corrected chi connectivity index (χ4v) is 6.67. The summed E-state index contributed by atoms with van der Waals surface area (Å²) in [6, 6.07) is 19.6. The fraction of sp³-hybridized carbons (Fsp3) is 0.355. The first-order valence-electron chi connectivity index (χ1n) is 13.8. The highest BCUT2D eigenvalue weighted by atomic mass is 35.5. The first kappa shape index (κ1) is 32.1. The van der Waals surface area contributed by atoms with Crippen LogP contribution in [0.15, 0.2) is 72.8 Å². The lowest BCUT2D eigenvalue weighted by Crippen LogP contribution is -2.55. The Labute approximate surface area is 262 Å². The zero-order chi connectivity index (χ0) is 30.3. The lowest BCUT2D eigenvalue weighted by Gasteiger charge is -2.35. The van der Waals surface area contributed by atoms with Gasteiger partial charge in [-0.3, -0.25) is 13.9 Å². The molecule has 3 aromatic carbocycles. The van der Waals surface area contributed by atoms with Crippen LogP contribution in [0.1, 0.15) is 43.2 Å². The highest BCUT2D eigenvalue weighted by molar-refractivity contribution is 7.92. The van der Waals surface area contributed by atoms with Crippen LogP contribution in [-0.4, -0.2) is 50.0 Å². The van der Waals surface area contributed by atoms with Gasteiger partial charge in [0.25, 0.3) is 0 Å². The SMILES string of the molecule is CS(=O)(=O)N(CC(=O)N(Cc1c(Cl)cccc1Cl)C(Cc1ccccc1)C(=O)NC1CCCCC1)c1ccc(Cl)cc1. The third kappa shape index (κ3) is 8.63. The van der Waals surface area contributed by atoms with Crippen LogP contribution in [0.5, 0.6) is 0 Å². The predicted molar refractivity (Wildman–Crippen MR) is 170 cm³/mol. The summed E-state index contributed by atoms with van der Waals surface area (Å²) in [6.07, 6.45) is 6.15. The van der Waals surface area contributed by atoms with Crippen LogP contribution >= 0.6 is 34.8 Å². The predicted octanol–water partition coefficient (Wildman–Crippen LogP) is 6.50. The number of sulfonamides is 1. The van der Waals surface area contributed by atoms with Gasteiger partial charge in [-0.25, -0.2) is 8.42 Å². The lowest BCUT2D eigenvalue weighted by molar-refractivity contribution is -0.140. The molecular formula is C31H34Cl3N3O4S. The van der Waals surface area contributed by atoms with E-state index < -0.39 is 28.5 Å². The highest BCUT2D eigenvalue weighted by Crippen LogP contribution is 2.28. The van der Waals surface area contributed by atoms with Gasteiger partial charge in [-0.1, -0.05) is 90.5 Å². The number of amides is 2. The summed E-state index contributed by atoms with van der Waals surface area (Å²) >= 11 is 19.1. The number of halogens is 3. The smallest absolute Gasteiger partial charge is 0.244 e. The Morgan fingerprint density at radius 1 is 0.881 bits per heavy atom. The summed E-state index contributed by atoms with van der Waals surface area (Å²) in [7, 11) is -3.89. The van der Waals surface area contributed by atoms with Gasteiger partial charge in [-0.05, 0) is 54.8 Å². The third-order valence-corrected chi connectivity index (χ3v) is 9.51. The molecule has 0 heterocycles. The molecule has 1 unspecified atom stereocenters. The monoisotopic (exact) mass is 649 g/mol. The lowest BCUT2D eigenvalue weighted by atomic mass is 9.94. The second-order valence-electron chi connectivity index (χ2n) is 10.5. The summed E-state index contributed by atoms with van der Waals surface area (Å²) in [5, 5.41) is 4.27. The Morgan fingerprint density at radius 3 is 2.10 bits per heavy atom. The summed E-state index contributed by atoms with van der Waals surface area (Å²) in [4.78, 5) is 29.6. The molecule has 11 heteroatoms. The standard InChI is InChI=1S/C31H34Cl3N3O4S/c1-42(40,41)37(25-17-15-23(32)16-18-25)21-30(38)36(20-26-27(33)13-8-14-28(26)34)29(19-22-9-4-2-5-10-22)31(39)35-24-11-6-3-7-12-24/h2,4-5,8-10,13-18,24,29H,3,6-7,11-12,19-21H2,1H3,(H,35,39). The Hall–Kier alpha value is -2.78. The van der Waals surface area contributed by atoms with Crippen LogP contribution in [0.25, 0.3) is 0 Å². The average Bonchev–Trinajstić information content (AvgIpc) is 2.96. The Morgan fingerprint density at radius 2 is 1.50 bits per heavy atom. The molecule has 1 aliphatic rings. The van der Waals surface area contributed by atoms with Gasteiger partial charge in [-0.15, -0.1) is 0 Å². The van der Waals surface area contributed by atoms with Crippen molar-refractivity contribution in [2.75, 3.05) is 17.1 Å². The third-order valence-electron chi connectivity index (χ3n) is 7.41. The van der Waals surface area contributed by atoms with Crippen LogP contribution in [-0.2, 0) is 32.6 Å². The highest BCUT2D eigenvalue weighted by Gasteiger charge is 2.34. The molecule has 0 spiro atoms. The van der Waals surface area contributed by atoms with E-state index in [0.717, 1.165) is 48.2 Å². The van der Waals surface area contributed by atoms with E-state index in [0.29, 0.717) is 20.6 Å². The van der Waals surface area contributed by atoms with Gasteiger partial charge in [0, 0.05) is 39.6 Å². The van der Waals surface area contributed by atoms with Crippen molar-refractivity contribution in [3.8, 4) is 0 Å². The first-order valence-corrected chi connectivity index (χ1v) is 16.8. The van der Waals surface area contributed by atoms with E-state index in [9.17, 15) is 18.0 Å². The number of nitrogens with one attached hydrogen (secondary N) is 1. The molecule has 1 atom stereocenters. The van der Waals surface area contributed by atoms with E-state index in [2.05, 4.69) is 5.32 Å². The van der Waals surface area contributed by atoms with Crippen molar-refractivity contribution in [2.24, 2.45) is 0 Å². The molecule has 3 aromatic rings. The van der Waals surface area contributed by atoms with E-state index >= 15 is 0 Å². The molecule has 1 saturated carbocycles. The largest absolute Gasteiger partial charge is 0.352 e. The van der Waals surface area contributed by atoms with E-state index in [1.165, 1.54) is 17.0 Å². The molecule has 0 radical (unpaired) electrons. The maximum atomic E-state index is 14.2. The molecule has 224 valence electrons. The summed E-state index contributed by atoms with van der Waals surface area (Å²) in [5.74, 6) is -0.884. The summed E-state index contributed by atoms with van der Waals surface area (Å²) in [5.41, 5.74) is 1.59. The number of carbonyl (C=O) groups is 2. The number of rotatable bonds is 11. The van der Waals surface area contributed by atoms with Crippen LogP contribution in [0, 0.1) is 0 Å². The Balaban J connectivity index is 1.75. The molecule has 0 aliphatic heterocycles. The molecule has 4 rings (SSSR count). The van der Waals surface area contributed by atoms with Crippen LogP contribution in [0.3, 0.4) is 0 Å². The van der Waals surface area contributed by atoms with Crippen molar-refractivity contribution in [3.05, 3.63) is 99.0 Å². The molecule has 7 nitrogen and oxygen atoms in total. The van der Waals surface area contributed by atoms with E-state index in [1.807, 2.05) is 30.3 Å². The Kier molecular flexibility index (Phi) is 11.2. The van der Waals surface area contributed by atoms with Crippen molar-refractivity contribution in [1.82, 2.24) is 10.2 Å². The zero-order valence-corrected chi connectivity index (χ0v) is 26.4. The van der Waals surface area contributed by atoms with Gasteiger partial charge in [0.05, 0.1) is 11.9 Å². The number of nitrogens with zero attached hydrogens (tertiary/aromatic N) is 2. The summed E-state index contributed by atoms with van der Waals surface area (Å²) < 4.78 is 26.8. The minimum absolute atomic E-state index is 0.00645. The quantitative estimate of drug-likeness (QED) is 0.257. The van der Waals surface area contributed by atoms with Gasteiger partial charge in [0.2, 0.25) is 21.8 Å². The topological polar surface area (TPSA) is 86.8 Å². The second-order valence-corrected chi connectivity index (χ2v) is 13.7. The van der Waals surface area contributed by atoms with Crippen LogP contribution < -0.4 is 9.62 Å². The molecule has 2 amide bonds. The van der Waals surface area contributed by atoms with Gasteiger partial charge in [-0.2, -0.15) is 0 Å². The molecular weight excluding hydrogens is 617 g/mol. The number of benzene rings is 3. The Bertz CT molecular complexity index is 1460.